The monoisotopic (exact) mass is 279 g/mol. The third-order valence-corrected chi connectivity index (χ3v) is 3.03. The van der Waals surface area contributed by atoms with Crippen LogP contribution in [0.5, 0.6) is 0 Å². The van der Waals surface area contributed by atoms with E-state index in [2.05, 4.69) is 16.3 Å². The molecule has 0 saturated carbocycles. The van der Waals surface area contributed by atoms with Gasteiger partial charge < -0.3 is 20.7 Å². The molecule has 0 spiro atoms. The maximum atomic E-state index is 12.0. The summed E-state index contributed by atoms with van der Waals surface area (Å²) in [6, 6.07) is 6.02. The van der Waals surface area contributed by atoms with Gasteiger partial charge in [-0.25, -0.2) is 0 Å². The predicted molar refractivity (Wildman–Crippen MR) is 81.7 cm³/mol. The Morgan fingerprint density at radius 3 is 2.70 bits per heavy atom. The van der Waals surface area contributed by atoms with Gasteiger partial charge in [0.05, 0.1) is 12.5 Å². The zero-order valence-electron chi connectivity index (χ0n) is 12.8. The van der Waals surface area contributed by atoms with Crippen molar-refractivity contribution in [2.24, 2.45) is 5.73 Å². The van der Waals surface area contributed by atoms with E-state index in [4.69, 9.17) is 10.5 Å². The molecule has 0 radical (unpaired) electrons. The summed E-state index contributed by atoms with van der Waals surface area (Å²) in [6.45, 7) is 3.16. The quantitative estimate of drug-likeness (QED) is 0.791. The van der Waals surface area contributed by atoms with Crippen LogP contribution >= 0.6 is 0 Å². The molecule has 112 valence electrons. The molecule has 20 heavy (non-hydrogen) atoms. The Morgan fingerprint density at radius 1 is 1.45 bits per heavy atom. The molecular formula is C15H25N3O2. The number of benzene rings is 1. The van der Waals surface area contributed by atoms with Crippen molar-refractivity contribution in [3.8, 4) is 0 Å². The molecular weight excluding hydrogens is 254 g/mol. The van der Waals surface area contributed by atoms with Crippen LogP contribution in [-0.2, 0) is 16.1 Å². The minimum absolute atomic E-state index is 0.0776. The summed E-state index contributed by atoms with van der Waals surface area (Å²) in [7, 11) is 5.57. The Morgan fingerprint density at radius 2 is 2.15 bits per heavy atom. The zero-order chi connectivity index (χ0) is 15.1. The third kappa shape index (κ3) is 5.28. The molecule has 3 N–H and O–H groups in total. The van der Waals surface area contributed by atoms with E-state index in [1.54, 1.807) is 7.11 Å². The number of rotatable bonds is 7. The molecule has 0 heterocycles. The standard InChI is InChI=1S/C15H25N3O2/c1-11-5-6-14(12(7-11)10-18(2)3)17-15(19)8-13(9-16)20-4/h5-7,13H,8-10,16H2,1-4H3,(H,17,19). The minimum Gasteiger partial charge on any atom is -0.380 e. The van der Waals surface area contributed by atoms with Crippen LogP contribution in [0.1, 0.15) is 17.5 Å². The van der Waals surface area contributed by atoms with E-state index in [0.29, 0.717) is 6.54 Å². The average Bonchev–Trinajstić information content (AvgIpc) is 2.38. The summed E-state index contributed by atoms with van der Waals surface area (Å²) in [5.74, 6) is -0.0776. The van der Waals surface area contributed by atoms with Gasteiger partial charge in [-0.15, -0.1) is 0 Å². The van der Waals surface area contributed by atoms with Crippen LogP contribution in [0.25, 0.3) is 0 Å². The molecule has 1 atom stereocenters. The number of ether oxygens (including phenoxy) is 1. The fourth-order valence-corrected chi connectivity index (χ4v) is 1.99. The molecule has 1 aromatic rings. The first-order valence-corrected chi connectivity index (χ1v) is 6.73. The first-order valence-electron chi connectivity index (χ1n) is 6.73. The molecule has 0 aliphatic heterocycles. The van der Waals surface area contributed by atoms with E-state index in [-0.39, 0.29) is 18.4 Å². The lowest BCUT2D eigenvalue weighted by Crippen LogP contribution is -2.28. The minimum atomic E-state index is -0.238. The predicted octanol–water partition coefficient (Wildman–Crippen LogP) is 1.36. The van der Waals surface area contributed by atoms with Gasteiger partial charge in [0, 0.05) is 25.9 Å². The van der Waals surface area contributed by atoms with Crippen molar-refractivity contribution in [2.45, 2.75) is 26.0 Å². The smallest absolute Gasteiger partial charge is 0.227 e. The first kappa shape index (κ1) is 16.6. The number of nitrogens with two attached hydrogens (primary N) is 1. The van der Waals surface area contributed by atoms with Crippen LogP contribution in [0.4, 0.5) is 5.69 Å². The number of nitrogens with one attached hydrogen (secondary N) is 1. The maximum absolute atomic E-state index is 12.0. The lowest BCUT2D eigenvalue weighted by molar-refractivity contribution is -0.118. The van der Waals surface area contributed by atoms with E-state index in [1.807, 2.05) is 33.2 Å². The molecule has 1 amide bonds. The largest absolute Gasteiger partial charge is 0.380 e. The van der Waals surface area contributed by atoms with Gasteiger partial charge in [-0.1, -0.05) is 17.7 Å². The second-order valence-electron chi connectivity index (χ2n) is 5.24. The van der Waals surface area contributed by atoms with Crippen molar-refractivity contribution < 1.29 is 9.53 Å². The van der Waals surface area contributed by atoms with Crippen LogP contribution < -0.4 is 11.1 Å². The van der Waals surface area contributed by atoms with Crippen LogP contribution in [-0.4, -0.2) is 44.7 Å². The normalized spacial score (nSPS) is 12.5. The number of aryl methyl sites for hydroxylation is 1. The van der Waals surface area contributed by atoms with E-state index in [0.717, 1.165) is 17.8 Å². The maximum Gasteiger partial charge on any atom is 0.227 e. The summed E-state index contributed by atoms with van der Waals surface area (Å²) in [5.41, 5.74) is 8.66. The average molecular weight is 279 g/mol. The Hall–Kier alpha value is -1.43. The van der Waals surface area contributed by atoms with E-state index < -0.39 is 0 Å². The van der Waals surface area contributed by atoms with Gasteiger partial charge in [-0.2, -0.15) is 0 Å². The second kappa shape index (κ2) is 7.99. The summed E-state index contributed by atoms with van der Waals surface area (Å²) in [5, 5.41) is 2.94. The number of amides is 1. The Labute approximate surface area is 121 Å². The molecule has 0 aliphatic carbocycles. The summed E-state index contributed by atoms with van der Waals surface area (Å²) >= 11 is 0. The topological polar surface area (TPSA) is 67.6 Å². The van der Waals surface area contributed by atoms with Gasteiger partial charge in [0.15, 0.2) is 0 Å². The fourth-order valence-electron chi connectivity index (χ4n) is 1.99. The highest BCUT2D eigenvalue weighted by Crippen LogP contribution is 2.19. The van der Waals surface area contributed by atoms with Gasteiger partial charge in [-0.3, -0.25) is 4.79 Å². The molecule has 0 fully saturated rings. The van der Waals surface area contributed by atoms with Crippen LogP contribution in [0.2, 0.25) is 0 Å². The molecule has 5 nitrogen and oxygen atoms in total. The molecule has 5 heteroatoms. The number of carbonyl (C=O) groups excluding carboxylic acids is 1. The molecule has 1 aromatic carbocycles. The fraction of sp³-hybridized carbons (Fsp3) is 0.533. The van der Waals surface area contributed by atoms with Crippen molar-refractivity contribution in [1.82, 2.24) is 4.90 Å². The SMILES string of the molecule is COC(CN)CC(=O)Nc1ccc(C)cc1CN(C)C. The summed E-state index contributed by atoms with van der Waals surface area (Å²) < 4.78 is 5.13. The second-order valence-corrected chi connectivity index (χ2v) is 5.24. The molecule has 1 unspecified atom stereocenters. The molecule has 0 aliphatic rings. The first-order chi connectivity index (χ1) is 9.46. The Kier molecular flexibility index (Phi) is 6.64. The zero-order valence-corrected chi connectivity index (χ0v) is 12.8. The number of methoxy groups -OCH3 is 1. The van der Waals surface area contributed by atoms with Gasteiger partial charge in [0.2, 0.25) is 5.91 Å². The van der Waals surface area contributed by atoms with Crippen LogP contribution in [0, 0.1) is 6.92 Å². The molecule has 0 saturated heterocycles. The number of carbonyl (C=O) groups is 1. The van der Waals surface area contributed by atoms with Crippen molar-refractivity contribution in [3.63, 3.8) is 0 Å². The van der Waals surface area contributed by atoms with E-state index >= 15 is 0 Å². The third-order valence-electron chi connectivity index (χ3n) is 3.03. The molecule has 0 aromatic heterocycles. The van der Waals surface area contributed by atoms with Crippen molar-refractivity contribution in [1.29, 1.82) is 0 Å². The number of anilines is 1. The lowest BCUT2D eigenvalue weighted by atomic mass is 10.1. The highest BCUT2D eigenvalue weighted by atomic mass is 16.5. The molecule has 1 rings (SSSR count). The number of hydrogen-bond acceptors (Lipinski definition) is 4. The van der Waals surface area contributed by atoms with E-state index in [9.17, 15) is 4.79 Å². The highest BCUT2D eigenvalue weighted by molar-refractivity contribution is 5.91. The number of nitrogens with zero attached hydrogens (tertiary/aromatic N) is 1. The molecule has 0 bridgehead atoms. The van der Waals surface area contributed by atoms with E-state index in [1.165, 1.54) is 5.56 Å². The Balaban J connectivity index is 2.78. The van der Waals surface area contributed by atoms with Gasteiger partial charge in [0.1, 0.15) is 0 Å². The lowest BCUT2D eigenvalue weighted by Gasteiger charge is -2.17. The van der Waals surface area contributed by atoms with Gasteiger partial charge in [0.25, 0.3) is 0 Å². The van der Waals surface area contributed by atoms with Gasteiger partial charge in [-0.05, 0) is 32.6 Å². The van der Waals surface area contributed by atoms with Crippen molar-refractivity contribution >= 4 is 11.6 Å². The number of hydrogen-bond donors (Lipinski definition) is 2. The van der Waals surface area contributed by atoms with Crippen LogP contribution in [0.3, 0.4) is 0 Å². The van der Waals surface area contributed by atoms with Gasteiger partial charge >= 0.3 is 0 Å². The summed E-state index contributed by atoms with van der Waals surface area (Å²) in [4.78, 5) is 14.1. The van der Waals surface area contributed by atoms with Crippen molar-refractivity contribution in [2.75, 3.05) is 33.1 Å². The van der Waals surface area contributed by atoms with Crippen molar-refractivity contribution in [3.05, 3.63) is 29.3 Å². The Bertz CT molecular complexity index is 443. The summed E-state index contributed by atoms with van der Waals surface area (Å²) in [6.07, 6.45) is 0.0280. The van der Waals surface area contributed by atoms with Crippen LogP contribution in [0.15, 0.2) is 18.2 Å². The highest BCUT2D eigenvalue weighted by Gasteiger charge is 2.13.